The Hall–Kier alpha value is -2.87. The molecule has 0 fully saturated rings. The summed E-state index contributed by atoms with van der Waals surface area (Å²) in [6.07, 6.45) is -3.39. The fourth-order valence-corrected chi connectivity index (χ4v) is 3.02. The third-order valence-corrected chi connectivity index (χ3v) is 4.53. The SMILES string of the molecule is Cc1cccc(-c2ccc(C(=O)NCc3ccc(Br)cc3OC(F)(F)F)cn2)c1. The fraction of sp³-hybridized carbons (Fsp3) is 0.143. The van der Waals surface area contributed by atoms with Crippen molar-refractivity contribution in [2.75, 3.05) is 0 Å². The first-order chi connectivity index (χ1) is 13.7. The normalized spacial score (nSPS) is 11.2. The number of hydrogen-bond donors (Lipinski definition) is 1. The lowest BCUT2D eigenvalue weighted by molar-refractivity contribution is -0.274. The summed E-state index contributed by atoms with van der Waals surface area (Å²) in [6, 6.07) is 15.4. The number of pyridine rings is 1. The van der Waals surface area contributed by atoms with Crippen LogP contribution in [0.15, 0.2) is 65.3 Å². The van der Waals surface area contributed by atoms with Gasteiger partial charge in [-0.25, -0.2) is 0 Å². The topological polar surface area (TPSA) is 51.2 Å². The molecule has 1 N–H and O–H groups in total. The highest BCUT2D eigenvalue weighted by Gasteiger charge is 2.32. The van der Waals surface area contributed by atoms with E-state index in [2.05, 4.69) is 31.0 Å². The van der Waals surface area contributed by atoms with E-state index in [0.29, 0.717) is 10.0 Å². The van der Waals surface area contributed by atoms with Crippen LogP contribution in [-0.2, 0) is 6.54 Å². The Balaban J connectivity index is 1.70. The van der Waals surface area contributed by atoms with Gasteiger partial charge in [0.25, 0.3) is 5.91 Å². The number of aromatic nitrogens is 1. The zero-order chi connectivity index (χ0) is 21.0. The number of benzene rings is 2. The molecule has 3 aromatic rings. The molecule has 3 rings (SSSR count). The number of aryl methyl sites for hydroxylation is 1. The number of ether oxygens (including phenoxy) is 1. The minimum Gasteiger partial charge on any atom is -0.405 e. The summed E-state index contributed by atoms with van der Waals surface area (Å²) in [5, 5.41) is 2.59. The number of halogens is 4. The first-order valence-electron chi connectivity index (χ1n) is 8.57. The predicted molar refractivity (Wildman–Crippen MR) is 106 cm³/mol. The van der Waals surface area contributed by atoms with Crippen LogP contribution in [0.25, 0.3) is 11.3 Å². The summed E-state index contributed by atoms with van der Waals surface area (Å²) in [5.41, 5.74) is 3.25. The van der Waals surface area contributed by atoms with Gasteiger partial charge < -0.3 is 10.1 Å². The summed E-state index contributed by atoms with van der Waals surface area (Å²) < 4.78 is 42.2. The molecule has 0 unspecified atom stereocenters. The van der Waals surface area contributed by atoms with E-state index >= 15 is 0 Å². The van der Waals surface area contributed by atoms with Crippen molar-refractivity contribution in [3.8, 4) is 17.0 Å². The van der Waals surface area contributed by atoms with Crippen LogP contribution in [0, 0.1) is 6.92 Å². The first kappa shape index (κ1) is 20.9. The fourth-order valence-electron chi connectivity index (χ4n) is 2.68. The molecule has 0 aliphatic carbocycles. The van der Waals surface area contributed by atoms with Gasteiger partial charge in [-0.3, -0.25) is 9.78 Å². The van der Waals surface area contributed by atoms with Crippen molar-refractivity contribution in [3.05, 3.63) is 82.0 Å². The molecule has 29 heavy (non-hydrogen) atoms. The lowest BCUT2D eigenvalue weighted by atomic mass is 10.1. The third-order valence-electron chi connectivity index (χ3n) is 4.03. The zero-order valence-electron chi connectivity index (χ0n) is 15.3. The minimum atomic E-state index is -4.82. The van der Waals surface area contributed by atoms with Gasteiger partial charge in [-0.05, 0) is 37.3 Å². The molecular formula is C21H16BrF3N2O2. The number of carbonyl (C=O) groups excluding carboxylic acids is 1. The second-order valence-corrected chi connectivity index (χ2v) is 7.20. The van der Waals surface area contributed by atoms with Gasteiger partial charge in [0.05, 0.1) is 11.3 Å². The van der Waals surface area contributed by atoms with Gasteiger partial charge in [0.15, 0.2) is 0 Å². The Kier molecular flexibility index (Phi) is 6.22. The number of amides is 1. The average molecular weight is 465 g/mol. The molecule has 0 saturated heterocycles. The second kappa shape index (κ2) is 8.65. The maximum atomic E-state index is 12.6. The Morgan fingerprint density at radius 2 is 1.93 bits per heavy atom. The van der Waals surface area contributed by atoms with Gasteiger partial charge in [-0.15, -0.1) is 13.2 Å². The van der Waals surface area contributed by atoms with E-state index < -0.39 is 12.3 Å². The largest absolute Gasteiger partial charge is 0.573 e. The number of rotatable bonds is 5. The monoisotopic (exact) mass is 464 g/mol. The van der Waals surface area contributed by atoms with Gasteiger partial charge in [-0.2, -0.15) is 0 Å². The molecule has 0 atom stereocenters. The summed E-state index contributed by atoms with van der Waals surface area (Å²) in [4.78, 5) is 16.7. The number of hydrogen-bond acceptors (Lipinski definition) is 3. The number of alkyl halides is 3. The van der Waals surface area contributed by atoms with Gasteiger partial charge in [0.2, 0.25) is 0 Å². The van der Waals surface area contributed by atoms with E-state index in [1.165, 1.54) is 18.3 Å². The number of nitrogens with zero attached hydrogens (tertiary/aromatic N) is 1. The van der Waals surface area contributed by atoms with E-state index in [4.69, 9.17) is 0 Å². The summed E-state index contributed by atoms with van der Waals surface area (Å²) in [6.45, 7) is 1.85. The summed E-state index contributed by atoms with van der Waals surface area (Å²) >= 11 is 3.11. The van der Waals surface area contributed by atoms with Crippen LogP contribution in [0.4, 0.5) is 13.2 Å². The molecule has 0 saturated carbocycles. The van der Waals surface area contributed by atoms with Gasteiger partial charge in [0, 0.05) is 28.3 Å². The van der Waals surface area contributed by atoms with Crippen LogP contribution in [0.1, 0.15) is 21.5 Å². The molecule has 8 heteroatoms. The van der Waals surface area contributed by atoms with Crippen LogP contribution in [0.5, 0.6) is 5.75 Å². The van der Waals surface area contributed by atoms with Crippen LogP contribution >= 0.6 is 15.9 Å². The first-order valence-corrected chi connectivity index (χ1v) is 9.36. The Labute approximate surface area is 173 Å². The van der Waals surface area contributed by atoms with Crippen molar-refractivity contribution in [1.29, 1.82) is 0 Å². The van der Waals surface area contributed by atoms with Crippen molar-refractivity contribution in [1.82, 2.24) is 10.3 Å². The zero-order valence-corrected chi connectivity index (χ0v) is 16.8. The van der Waals surface area contributed by atoms with E-state index in [0.717, 1.165) is 16.8 Å². The van der Waals surface area contributed by atoms with Crippen molar-refractivity contribution < 1.29 is 22.7 Å². The Morgan fingerprint density at radius 1 is 1.14 bits per heavy atom. The van der Waals surface area contributed by atoms with Crippen molar-refractivity contribution in [2.24, 2.45) is 0 Å². The molecule has 0 aliphatic rings. The minimum absolute atomic E-state index is 0.128. The highest BCUT2D eigenvalue weighted by Crippen LogP contribution is 2.29. The van der Waals surface area contributed by atoms with E-state index in [1.807, 2.05) is 31.2 Å². The molecule has 1 heterocycles. The van der Waals surface area contributed by atoms with E-state index in [-0.39, 0.29) is 17.9 Å². The second-order valence-electron chi connectivity index (χ2n) is 6.28. The van der Waals surface area contributed by atoms with Crippen molar-refractivity contribution in [2.45, 2.75) is 19.8 Å². The molecule has 0 bridgehead atoms. The molecular weight excluding hydrogens is 449 g/mol. The third kappa shape index (κ3) is 5.80. The maximum Gasteiger partial charge on any atom is 0.573 e. The summed E-state index contributed by atoms with van der Waals surface area (Å²) in [5.74, 6) is -0.825. The molecule has 0 aliphatic heterocycles. The van der Waals surface area contributed by atoms with Crippen LogP contribution < -0.4 is 10.1 Å². The van der Waals surface area contributed by atoms with Crippen molar-refractivity contribution >= 4 is 21.8 Å². The summed E-state index contributed by atoms with van der Waals surface area (Å²) in [7, 11) is 0. The molecule has 0 spiro atoms. The van der Waals surface area contributed by atoms with Crippen LogP contribution in [0.2, 0.25) is 0 Å². The Bertz CT molecular complexity index is 1020. The molecule has 1 aromatic heterocycles. The van der Waals surface area contributed by atoms with Crippen LogP contribution in [0.3, 0.4) is 0 Å². The lowest BCUT2D eigenvalue weighted by Crippen LogP contribution is -2.24. The molecule has 0 radical (unpaired) electrons. The standard InChI is InChI=1S/C21H16BrF3N2O2/c1-13-3-2-4-14(9-13)18-8-6-16(12-26-18)20(28)27-11-15-5-7-17(22)10-19(15)29-21(23,24)25/h2-10,12H,11H2,1H3,(H,27,28). The van der Waals surface area contributed by atoms with Crippen LogP contribution in [-0.4, -0.2) is 17.3 Å². The quantitative estimate of drug-likeness (QED) is 0.530. The highest BCUT2D eigenvalue weighted by atomic mass is 79.9. The van der Waals surface area contributed by atoms with Crippen molar-refractivity contribution in [3.63, 3.8) is 0 Å². The molecule has 150 valence electrons. The average Bonchev–Trinajstić information content (AvgIpc) is 2.66. The van der Waals surface area contributed by atoms with E-state index in [1.54, 1.807) is 18.2 Å². The molecule has 2 aromatic carbocycles. The molecule has 4 nitrogen and oxygen atoms in total. The predicted octanol–water partition coefficient (Wildman–Crippen LogP) is 5.65. The number of nitrogens with one attached hydrogen (secondary N) is 1. The van der Waals surface area contributed by atoms with E-state index in [9.17, 15) is 18.0 Å². The smallest absolute Gasteiger partial charge is 0.405 e. The van der Waals surface area contributed by atoms with Gasteiger partial charge >= 0.3 is 6.36 Å². The lowest BCUT2D eigenvalue weighted by Gasteiger charge is -2.14. The Morgan fingerprint density at radius 3 is 2.59 bits per heavy atom. The van der Waals surface area contributed by atoms with Gasteiger partial charge in [-0.1, -0.05) is 45.8 Å². The van der Waals surface area contributed by atoms with Gasteiger partial charge in [0.1, 0.15) is 5.75 Å². The molecule has 1 amide bonds. The highest BCUT2D eigenvalue weighted by molar-refractivity contribution is 9.10. The maximum absolute atomic E-state index is 12.6. The number of carbonyl (C=O) groups is 1.